The van der Waals surface area contributed by atoms with Crippen molar-refractivity contribution in [1.29, 1.82) is 0 Å². The minimum Gasteiger partial charge on any atom is -0.377 e. The van der Waals surface area contributed by atoms with Crippen LogP contribution in [-0.4, -0.2) is 39.7 Å². The Balaban J connectivity index is 2.80. The molecular weight excluding hydrogens is 254 g/mol. The van der Waals surface area contributed by atoms with Gasteiger partial charge in [-0.05, 0) is 26.0 Å². The molecule has 0 bridgehead atoms. The first kappa shape index (κ1) is 14.9. The first-order valence-electron chi connectivity index (χ1n) is 5.49. The van der Waals surface area contributed by atoms with Gasteiger partial charge < -0.3 is 10.1 Å². The molecule has 7 heteroatoms. The molecule has 0 atom stereocenters. The van der Waals surface area contributed by atoms with Crippen molar-refractivity contribution in [2.24, 2.45) is 0 Å². The Morgan fingerprint density at radius 2 is 2.06 bits per heavy atom. The zero-order valence-electron chi connectivity index (χ0n) is 11.0. The summed E-state index contributed by atoms with van der Waals surface area (Å²) in [6.07, 6.45) is 1.31. The number of nitrogens with zero attached hydrogens (tertiary/aromatic N) is 1. The van der Waals surface area contributed by atoms with Gasteiger partial charge in [0.15, 0.2) is 0 Å². The van der Waals surface area contributed by atoms with Gasteiger partial charge in [-0.2, -0.15) is 0 Å². The lowest BCUT2D eigenvalue weighted by Gasteiger charge is -2.22. The number of rotatable bonds is 6. The number of sulfonamides is 1. The van der Waals surface area contributed by atoms with Crippen LogP contribution in [0.15, 0.2) is 23.2 Å². The molecule has 0 aromatic carbocycles. The number of anilines is 1. The van der Waals surface area contributed by atoms with Gasteiger partial charge in [0.05, 0.1) is 5.60 Å². The normalized spacial score (nSPS) is 12.4. The number of ether oxygens (including phenoxy) is 1. The first-order chi connectivity index (χ1) is 8.30. The fraction of sp³-hybridized carbons (Fsp3) is 0.545. The summed E-state index contributed by atoms with van der Waals surface area (Å²) in [7, 11) is -0.291. The van der Waals surface area contributed by atoms with Gasteiger partial charge in [0.2, 0.25) is 10.0 Å². The SMILES string of the molecule is CNc1ccc(S(=O)(=O)NCC(C)(C)OC)cn1. The Morgan fingerprint density at radius 1 is 1.39 bits per heavy atom. The molecule has 1 rings (SSSR count). The van der Waals surface area contributed by atoms with E-state index in [1.54, 1.807) is 27.0 Å². The molecule has 0 saturated carbocycles. The Hall–Kier alpha value is -1.18. The van der Waals surface area contributed by atoms with Gasteiger partial charge in [-0.3, -0.25) is 0 Å². The van der Waals surface area contributed by atoms with Gasteiger partial charge in [-0.25, -0.2) is 18.1 Å². The molecule has 102 valence electrons. The summed E-state index contributed by atoms with van der Waals surface area (Å²) in [4.78, 5) is 4.10. The highest BCUT2D eigenvalue weighted by Crippen LogP contribution is 2.12. The average molecular weight is 273 g/mol. The second-order valence-electron chi connectivity index (χ2n) is 4.42. The molecule has 6 nitrogen and oxygen atoms in total. The van der Waals surface area contributed by atoms with Crippen molar-refractivity contribution < 1.29 is 13.2 Å². The van der Waals surface area contributed by atoms with Crippen molar-refractivity contribution in [2.45, 2.75) is 24.3 Å². The van der Waals surface area contributed by atoms with Crippen molar-refractivity contribution in [1.82, 2.24) is 9.71 Å². The van der Waals surface area contributed by atoms with Gasteiger partial charge in [0, 0.05) is 26.9 Å². The molecule has 0 unspecified atom stereocenters. The Kier molecular flexibility index (Phi) is 4.66. The van der Waals surface area contributed by atoms with E-state index in [4.69, 9.17) is 4.74 Å². The second-order valence-corrected chi connectivity index (χ2v) is 6.18. The van der Waals surface area contributed by atoms with Gasteiger partial charge in [0.25, 0.3) is 0 Å². The Labute approximate surface area is 108 Å². The minimum atomic E-state index is -3.55. The number of hydrogen-bond donors (Lipinski definition) is 2. The monoisotopic (exact) mass is 273 g/mol. The standard InChI is InChI=1S/C11H19N3O3S/c1-11(2,17-4)8-14-18(15,16)9-5-6-10(12-3)13-7-9/h5-7,14H,8H2,1-4H3,(H,12,13). The molecule has 0 saturated heterocycles. The number of methoxy groups -OCH3 is 1. The molecule has 0 aliphatic heterocycles. The molecule has 1 aromatic heterocycles. The van der Waals surface area contributed by atoms with Crippen LogP contribution in [0.2, 0.25) is 0 Å². The third-order valence-electron chi connectivity index (χ3n) is 2.54. The summed E-state index contributed by atoms with van der Waals surface area (Å²) in [5, 5.41) is 2.82. The van der Waals surface area contributed by atoms with E-state index in [-0.39, 0.29) is 11.4 Å². The summed E-state index contributed by atoms with van der Waals surface area (Å²) in [6.45, 7) is 3.80. The predicted octanol–water partition coefficient (Wildman–Crippen LogP) is 0.827. The number of pyridine rings is 1. The van der Waals surface area contributed by atoms with Crippen LogP contribution in [0.3, 0.4) is 0 Å². The Morgan fingerprint density at radius 3 is 2.50 bits per heavy atom. The van der Waals surface area contributed by atoms with Crippen LogP contribution in [0.5, 0.6) is 0 Å². The summed E-state index contributed by atoms with van der Waals surface area (Å²) >= 11 is 0. The zero-order valence-corrected chi connectivity index (χ0v) is 11.8. The maximum absolute atomic E-state index is 12.0. The highest BCUT2D eigenvalue weighted by molar-refractivity contribution is 7.89. The molecule has 0 fully saturated rings. The van der Waals surface area contributed by atoms with Crippen LogP contribution >= 0.6 is 0 Å². The third kappa shape index (κ3) is 3.94. The van der Waals surface area contributed by atoms with E-state index in [1.165, 1.54) is 19.4 Å². The van der Waals surface area contributed by atoms with Crippen molar-refractivity contribution in [3.05, 3.63) is 18.3 Å². The van der Waals surface area contributed by atoms with Gasteiger partial charge in [-0.1, -0.05) is 0 Å². The highest BCUT2D eigenvalue weighted by atomic mass is 32.2. The van der Waals surface area contributed by atoms with E-state index >= 15 is 0 Å². The third-order valence-corrected chi connectivity index (χ3v) is 3.93. The van der Waals surface area contributed by atoms with Gasteiger partial charge in [-0.15, -0.1) is 0 Å². The molecule has 0 amide bonds. The summed E-state index contributed by atoms with van der Waals surface area (Å²) in [6, 6.07) is 3.11. The second kappa shape index (κ2) is 5.64. The van der Waals surface area contributed by atoms with Crippen LogP contribution in [0.4, 0.5) is 5.82 Å². The molecule has 1 heterocycles. The molecule has 18 heavy (non-hydrogen) atoms. The maximum Gasteiger partial charge on any atom is 0.242 e. The number of nitrogens with one attached hydrogen (secondary N) is 2. The van der Waals surface area contributed by atoms with Crippen LogP contribution in [0.1, 0.15) is 13.8 Å². The molecule has 1 aromatic rings. The lowest BCUT2D eigenvalue weighted by molar-refractivity contribution is 0.0276. The maximum atomic E-state index is 12.0. The molecular formula is C11H19N3O3S. The minimum absolute atomic E-state index is 0.133. The lowest BCUT2D eigenvalue weighted by atomic mass is 10.1. The van der Waals surface area contributed by atoms with Crippen molar-refractivity contribution in [3.63, 3.8) is 0 Å². The van der Waals surface area contributed by atoms with Crippen LogP contribution in [0.25, 0.3) is 0 Å². The van der Waals surface area contributed by atoms with E-state index in [0.717, 1.165) is 0 Å². The molecule has 2 N–H and O–H groups in total. The van der Waals surface area contributed by atoms with E-state index < -0.39 is 15.6 Å². The van der Waals surface area contributed by atoms with Crippen LogP contribution in [-0.2, 0) is 14.8 Å². The largest absolute Gasteiger partial charge is 0.377 e. The first-order valence-corrected chi connectivity index (χ1v) is 6.98. The molecule has 0 aliphatic carbocycles. The van der Waals surface area contributed by atoms with Crippen LogP contribution in [0, 0.1) is 0 Å². The smallest absolute Gasteiger partial charge is 0.242 e. The topological polar surface area (TPSA) is 80.3 Å². The summed E-state index contributed by atoms with van der Waals surface area (Å²) in [5.74, 6) is 0.617. The molecule has 0 spiro atoms. The quantitative estimate of drug-likeness (QED) is 0.802. The fourth-order valence-electron chi connectivity index (χ4n) is 1.11. The Bertz CT molecular complexity index is 483. The van der Waals surface area contributed by atoms with Crippen molar-refractivity contribution >= 4 is 15.8 Å². The summed E-state index contributed by atoms with van der Waals surface area (Å²) < 4.78 is 31.6. The lowest BCUT2D eigenvalue weighted by Crippen LogP contribution is -2.39. The zero-order chi connectivity index (χ0) is 13.8. The van der Waals surface area contributed by atoms with Crippen LogP contribution < -0.4 is 10.0 Å². The average Bonchev–Trinajstić information content (AvgIpc) is 2.37. The van der Waals surface area contributed by atoms with E-state index in [9.17, 15) is 8.42 Å². The van der Waals surface area contributed by atoms with Crippen molar-refractivity contribution in [2.75, 3.05) is 26.0 Å². The molecule has 0 radical (unpaired) electrons. The highest BCUT2D eigenvalue weighted by Gasteiger charge is 2.21. The molecule has 0 aliphatic rings. The fourth-order valence-corrected chi connectivity index (χ4v) is 2.25. The van der Waals surface area contributed by atoms with E-state index in [0.29, 0.717) is 5.82 Å². The van der Waals surface area contributed by atoms with Crippen molar-refractivity contribution in [3.8, 4) is 0 Å². The van der Waals surface area contributed by atoms with E-state index in [1.807, 2.05) is 0 Å². The van der Waals surface area contributed by atoms with Gasteiger partial charge in [0.1, 0.15) is 10.7 Å². The predicted molar refractivity (Wildman–Crippen MR) is 70.1 cm³/mol. The number of aromatic nitrogens is 1. The number of hydrogen-bond acceptors (Lipinski definition) is 5. The van der Waals surface area contributed by atoms with Gasteiger partial charge >= 0.3 is 0 Å². The summed E-state index contributed by atoms with van der Waals surface area (Å²) in [5.41, 5.74) is -0.550. The van der Waals surface area contributed by atoms with E-state index in [2.05, 4.69) is 15.0 Å².